The molecule has 199 valence electrons. The largest absolute Gasteiger partial charge is 0.309 e. The van der Waals surface area contributed by atoms with E-state index in [2.05, 4.69) is 91.0 Å². The Hall–Kier alpha value is -3.40. The zero-order chi connectivity index (χ0) is 26.8. The van der Waals surface area contributed by atoms with Crippen LogP contribution in [0.2, 0.25) is 0 Å². The molecule has 6 aromatic carbocycles. The van der Waals surface area contributed by atoms with E-state index in [0.29, 0.717) is 0 Å². The zero-order valence-electron chi connectivity index (χ0n) is 22.0. The Labute approximate surface area is 251 Å². The molecule has 0 heterocycles. The third-order valence-electron chi connectivity index (χ3n) is 6.40. The summed E-state index contributed by atoms with van der Waals surface area (Å²) in [6, 6.07) is 61.5. The van der Waals surface area contributed by atoms with Crippen LogP contribution in [0.25, 0.3) is 0 Å². The van der Waals surface area contributed by atoms with Crippen molar-refractivity contribution < 1.29 is 24.0 Å². The Morgan fingerprint density at radius 1 is 0.325 bits per heavy atom. The van der Waals surface area contributed by atoms with Gasteiger partial charge in [-0.2, -0.15) is 0 Å². The van der Waals surface area contributed by atoms with Gasteiger partial charge >= 0.3 is 0 Å². The summed E-state index contributed by atoms with van der Waals surface area (Å²) >= 11 is 0. The summed E-state index contributed by atoms with van der Waals surface area (Å²) in [7, 11) is -3.22. The Bertz CT molecular complexity index is 1400. The first kappa shape index (κ1) is 29.6. The molecule has 1 nitrogen and oxygen atoms in total. The first-order valence-electron chi connectivity index (χ1n) is 13.0. The van der Waals surface area contributed by atoms with Crippen LogP contribution in [0, 0.1) is 0 Å². The summed E-state index contributed by atoms with van der Waals surface area (Å²) in [5, 5.41) is 6.81. The summed E-state index contributed by atoms with van der Waals surface area (Å²) in [5.41, 5.74) is 0. The van der Waals surface area contributed by atoms with Crippen LogP contribution in [0.15, 0.2) is 182 Å². The van der Waals surface area contributed by atoms with Crippen molar-refractivity contribution in [1.82, 2.24) is 0 Å². The summed E-state index contributed by atoms with van der Waals surface area (Å²) in [5.74, 6) is 0. The number of hydrogen-bond acceptors (Lipinski definition) is 1. The number of benzene rings is 6. The van der Waals surface area contributed by atoms with E-state index < -0.39 is 15.1 Å². The minimum atomic E-state index is -2.78. The fourth-order valence-corrected chi connectivity index (χ4v) is 9.52. The SMILES string of the molecule is O=P(c1ccccc1)(c1ccccc1)c1ccccc1.[Rh].c1ccc(P(c2ccccc2)c2ccccc2)cc1. The van der Waals surface area contributed by atoms with Crippen LogP contribution < -0.4 is 31.8 Å². The molecule has 0 N–H and O–H groups in total. The van der Waals surface area contributed by atoms with Crippen LogP contribution in [0.3, 0.4) is 0 Å². The monoisotopic (exact) mass is 643 g/mol. The third-order valence-corrected chi connectivity index (χ3v) is 11.9. The molecule has 0 spiro atoms. The van der Waals surface area contributed by atoms with E-state index in [-0.39, 0.29) is 19.5 Å². The zero-order valence-corrected chi connectivity index (χ0v) is 25.4. The summed E-state index contributed by atoms with van der Waals surface area (Å²) in [6.45, 7) is 0. The summed E-state index contributed by atoms with van der Waals surface area (Å²) in [4.78, 5) is 0. The van der Waals surface area contributed by atoms with Crippen molar-refractivity contribution in [2.24, 2.45) is 0 Å². The van der Waals surface area contributed by atoms with Gasteiger partial charge in [0.15, 0.2) is 7.14 Å². The van der Waals surface area contributed by atoms with Crippen LogP contribution in [0.1, 0.15) is 0 Å². The molecule has 40 heavy (non-hydrogen) atoms. The normalized spacial score (nSPS) is 10.6. The second-order valence-electron chi connectivity index (χ2n) is 8.96. The quantitative estimate of drug-likeness (QED) is 0.145. The van der Waals surface area contributed by atoms with Gasteiger partial charge in [0.25, 0.3) is 0 Å². The van der Waals surface area contributed by atoms with Gasteiger partial charge in [-0.3, -0.25) is 0 Å². The maximum atomic E-state index is 13.8. The Kier molecular flexibility index (Phi) is 11.0. The summed E-state index contributed by atoms with van der Waals surface area (Å²) in [6.07, 6.45) is 0. The van der Waals surface area contributed by atoms with Crippen molar-refractivity contribution in [3.05, 3.63) is 182 Å². The smallest absolute Gasteiger partial charge is 0.171 e. The third kappa shape index (κ3) is 7.02. The minimum Gasteiger partial charge on any atom is -0.309 e. The minimum absolute atomic E-state index is 0. The van der Waals surface area contributed by atoms with Crippen molar-refractivity contribution in [2.75, 3.05) is 0 Å². The van der Waals surface area contributed by atoms with E-state index in [1.165, 1.54) is 15.9 Å². The first-order chi connectivity index (χ1) is 19.3. The van der Waals surface area contributed by atoms with Gasteiger partial charge in [-0.05, 0) is 23.8 Å². The predicted octanol–water partition coefficient (Wildman–Crippen LogP) is 6.77. The second kappa shape index (κ2) is 14.8. The topological polar surface area (TPSA) is 17.1 Å². The molecule has 0 aliphatic rings. The second-order valence-corrected chi connectivity index (χ2v) is 13.9. The van der Waals surface area contributed by atoms with Crippen molar-refractivity contribution in [2.45, 2.75) is 0 Å². The van der Waals surface area contributed by atoms with E-state index in [4.69, 9.17) is 0 Å². The number of rotatable bonds is 6. The summed E-state index contributed by atoms with van der Waals surface area (Å²) < 4.78 is 13.8. The molecule has 0 atom stereocenters. The fourth-order valence-electron chi connectivity index (χ4n) is 4.54. The molecule has 0 saturated carbocycles. The molecule has 0 amide bonds. The van der Waals surface area contributed by atoms with Crippen LogP contribution in [-0.2, 0) is 24.0 Å². The molecular weight excluding hydrogens is 613 g/mol. The van der Waals surface area contributed by atoms with E-state index in [0.717, 1.165) is 15.9 Å². The van der Waals surface area contributed by atoms with Gasteiger partial charge < -0.3 is 4.57 Å². The van der Waals surface area contributed by atoms with Gasteiger partial charge in [-0.25, -0.2) is 0 Å². The molecule has 0 saturated heterocycles. The Balaban J connectivity index is 0.000000181. The van der Waals surface area contributed by atoms with Crippen LogP contribution in [0.4, 0.5) is 0 Å². The van der Waals surface area contributed by atoms with E-state index in [9.17, 15) is 4.57 Å². The first-order valence-corrected chi connectivity index (χ1v) is 16.0. The van der Waals surface area contributed by atoms with Gasteiger partial charge in [-0.1, -0.05) is 182 Å². The Morgan fingerprint density at radius 3 is 0.750 bits per heavy atom. The van der Waals surface area contributed by atoms with Gasteiger partial charge in [0.05, 0.1) is 0 Å². The maximum Gasteiger partial charge on any atom is 0.171 e. The molecule has 4 heteroatoms. The van der Waals surface area contributed by atoms with Crippen molar-refractivity contribution in [3.63, 3.8) is 0 Å². The molecule has 0 unspecified atom stereocenters. The molecule has 6 aromatic rings. The van der Waals surface area contributed by atoms with Crippen molar-refractivity contribution in [1.29, 1.82) is 0 Å². The van der Waals surface area contributed by atoms with Crippen LogP contribution in [-0.4, -0.2) is 0 Å². The van der Waals surface area contributed by atoms with Gasteiger partial charge in [0.1, 0.15) is 0 Å². The molecule has 0 aromatic heterocycles. The van der Waals surface area contributed by atoms with Gasteiger partial charge in [0, 0.05) is 35.4 Å². The predicted molar refractivity (Wildman–Crippen MR) is 171 cm³/mol. The van der Waals surface area contributed by atoms with Crippen LogP contribution in [0.5, 0.6) is 0 Å². The van der Waals surface area contributed by atoms with Crippen molar-refractivity contribution >= 4 is 46.9 Å². The van der Waals surface area contributed by atoms with Gasteiger partial charge in [0.2, 0.25) is 0 Å². The molecule has 0 fully saturated rings. The molecule has 0 bridgehead atoms. The number of hydrogen-bond donors (Lipinski definition) is 0. The average molecular weight is 643 g/mol. The standard InChI is InChI=1S/C18H15OP.C18H15P.Rh/c19-20(16-10-4-1-5-11-16,17-12-6-2-7-13-17)18-14-8-3-9-15-18;1-4-10-16(11-5-1)19(17-12-6-2-7-13-17)18-14-8-3-9-15-18;/h1-15H;1-15H;. The molecule has 1 radical (unpaired) electrons. The fraction of sp³-hybridized carbons (Fsp3) is 0. The maximum absolute atomic E-state index is 13.8. The van der Waals surface area contributed by atoms with Crippen LogP contribution >= 0.6 is 15.1 Å². The van der Waals surface area contributed by atoms with E-state index in [1.807, 2.05) is 91.0 Å². The van der Waals surface area contributed by atoms with Gasteiger partial charge in [-0.15, -0.1) is 0 Å². The Morgan fingerprint density at radius 2 is 0.525 bits per heavy atom. The molecule has 0 aliphatic carbocycles. The van der Waals surface area contributed by atoms with E-state index >= 15 is 0 Å². The van der Waals surface area contributed by atoms with Crippen molar-refractivity contribution in [3.8, 4) is 0 Å². The molecule has 0 aliphatic heterocycles. The van der Waals surface area contributed by atoms with E-state index in [1.54, 1.807) is 0 Å². The average Bonchev–Trinajstić information content (AvgIpc) is 3.04. The molecule has 6 rings (SSSR count). The molecular formula is C36H30OP2Rh.